The number of fused-ring (bicyclic) bond motifs is 4. The molecule has 3 heterocycles. The van der Waals surface area contributed by atoms with E-state index in [9.17, 15) is 14.4 Å². The number of nitrogens with one attached hydrogen (secondary N) is 2. The Morgan fingerprint density at radius 2 is 1.74 bits per heavy atom. The van der Waals surface area contributed by atoms with Crippen LogP contribution in [0, 0.1) is 5.92 Å². The number of hydrogen-bond acceptors (Lipinski definition) is 4. The summed E-state index contributed by atoms with van der Waals surface area (Å²) in [4.78, 5) is 46.8. The summed E-state index contributed by atoms with van der Waals surface area (Å²) in [6, 6.07) is 20.7. The molecule has 2 aliphatic rings. The van der Waals surface area contributed by atoms with Crippen LogP contribution >= 0.6 is 0 Å². The van der Waals surface area contributed by atoms with E-state index >= 15 is 0 Å². The third-order valence-electron chi connectivity index (χ3n) is 7.54. The molecule has 1 fully saturated rings. The number of urea groups is 1. The number of anilines is 1. The van der Waals surface area contributed by atoms with Gasteiger partial charge >= 0.3 is 6.03 Å². The summed E-state index contributed by atoms with van der Waals surface area (Å²) >= 11 is 0. The molecule has 198 valence electrons. The minimum absolute atomic E-state index is 0.184. The monoisotopic (exact) mass is 522 g/mol. The molecule has 0 radical (unpaired) electrons. The van der Waals surface area contributed by atoms with Gasteiger partial charge in [0.1, 0.15) is 17.8 Å². The fraction of sp³-hybridized carbons (Fsp3) is 0.258. The first-order valence-electron chi connectivity index (χ1n) is 13.1. The van der Waals surface area contributed by atoms with Gasteiger partial charge in [0.25, 0.3) is 11.8 Å². The number of carbonyl (C=O) groups is 3. The predicted molar refractivity (Wildman–Crippen MR) is 149 cm³/mol. The van der Waals surface area contributed by atoms with E-state index in [1.165, 1.54) is 4.90 Å². The van der Waals surface area contributed by atoms with Crippen molar-refractivity contribution < 1.29 is 19.1 Å². The molecular weight excluding hydrogens is 492 g/mol. The molecule has 4 amide bonds. The average Bonchev–Trinajstić information content (AvgIpc) is 3.45. The third-order valence-corrected chi connectivity index (χ3v) is 7.54. The minimum atomic E-state index is -0.648. The van der Waals surface area contributed by atoms with Crippen molar-refractivity contribution in [3.05, 3.63) is 95.2 Å². The Bertz CT molecular complexity index is 1570. The molecule has 2 atom stereocenters. The lowest BCUT2D eigenvalue weighted by atomic mass is 9.89. The number of para-hydroxylation sites is 1. The van der Waals surface area contributed by atoms with Gasteiger partial charge in [-0.2, -0.15) is 0 Å². The van der Waals surface area contributed by atoms with Crippen molar-refractivity contribution >= 4 is 34.4 Å². The van der Waals surface area contributed by atoms with Crippen LogP contribution in [0.1, 0.15) is 47.1 Å². The number of aromatic amines is 1. The maximum absolute atomic E-state index is 14.0. The maximum Gasteiger partial charge on any atom is 0.332 e. The fourth-order valence-corrected chi connectivity index (χ4v) is 5.61. The Balaban J connectivity index is 1.38. The number of imide groups is 1. The normalized spacial score (nSPS) is 18.5. The minimum Gasteiger partial charge on any atom is -0.497 e. The lowest BCUT2D eigenvalue weighted by molar-refractivity contribution is -0.120. The van der Waals surface area contributed by atoms with Gasteiger partial charge in [0, 0.05) is 35.1 Å². The van der Waals surface area contributed by atoms with Crippen LogP contribution < -0.4 is 15.0 Å². The van der Waals surface area contributed by atoms with E-state index in [-0.39, 0.29) is 17.8 Å². The van der Waals surface area contributed by atoms with E-state index in [1.807, 2.05) is 62.4 Å². The van der Waals surface area contributed by atoms with Gasteiger partial charge in [-0.05, 0) is 59.5 Å². The number of nitrogens with zero attached hydrogens (tertiary/aromatic N) is 2. The Morgan fingerprint density at radius 3 is 2.44 bits per heavy atom. The van der Waals surface area contributed by atoms with Crippen molar-refractivity contribution in [2.24, 2.45) is 5.92 Å². The molecule has 0 bridgehead atoms. The van der Waals surface area contributed by atoms with Crippen LogP contribution in [-0.4, -0.2) is 47.4 Å². The first-order chi connectivity index (χ1) is 18.9. The first-order valence-corrected chi connectivity index (χ1v) is 13.1. The molecular formula is C31H30N4O4. The molecule has 0 aliphatic carbocycles. The molecule has 6 rings (SSSR count). The summed E-state index contributed by atoms with van der Waals surface area (Å²) in [7, 11) is 1.61. The van der Waals surface area contributed by atoms with E-state index in [4.69, 9.17) is 4.74 Å². The second kappa shape index (κ2) is 9.62. The lowest BCUT2D eigenvalue weighted by Gasteiger charge is -2.36. The van der Waals surface area contributed by atoms with Crippen molar-refractivity contribution in [3.63, 3.8) is 0 Å². The standard InChI is InChI=1S/C31H30N4O4/c1-18(2)17-32-29(36)20-8-12-21(13-9-20)34-30(37)26-16-24-23-6-4-5-7-25(23)33-27(24)28(35(26)31(34)38)19-10-14-22(39-3)15-11-19/h4-15,18,26,28,33H,16-17H2,1-3H3,(H,32,36)/t26-,28?/m0/s1. The summed E-state index contributed by atoms with van der Waals surface area (Å²) < 4.78 is 5.35. The zero-order valence-electron chi connectivity index (χ0n) is 22.1. The quantitative estimate of drug-likeness (QED) is 0.347. The second-order valence-electron chi connectivity index (χ2n) is 10.5. The van der Waals surface area contributed by atoms with Gasteiger partial charge in [-0.3, -0.25) is 14.5 Å². The number of aromatic nitrogens is 1. The molecule has 3 aromatic carbocycles. The van der Waals surface area contributed by atoms with Crippen molar-refractivity contribution in [2.45, 2.75) is 32.4 Å². The molecule has 1 unspecified atom stereocenters. The SMILES string of the molecule is COc1ccc(C2c3[nH]c4ccccc4c3C[C@H]3C(=O)N(c4ccc(C(=O)NCC(C)C)cc4)C(=O)N23)cc1. The Morgan fingerprint density at radius 1 is 1.03 bits per heavy atom. The number of rotatable bonds is 6. The van der Waals surface area contributed by atoms with Crippen LogP contribution in [0.4, 0.5) is 10.5 Å². The van der Waals surface area contributed by atoms with Gasteiger partial charge in [0.2, 0.25) is 0 Å². The fourth-order valence-electron chi connectivity index (χ4n) is 5.61. The molecule has 2 aliphatic heterocycles. The molecule has 1 saturated heterocycles. The van der Waals surface area contributed by atoms with E-state index in [0.717, 1.165) is 27.7 Å². The summed E-state index contributed by atoms with van der Waals surface area (Å²) in [6.07, 6.45) is 0.419. The van der Waals surface area contributed by atoms with Gasteiger partial charge in [-0.1, -0.05) is 44.2 Å². The number of methoxy groups -OCH3 is 1. The largest absolute Gasteiger partial charge is 0.497 e. The highest BCUT2D eigenvalue weighted by atomic mass is 16.5. The molecule has 1 aromatic heterocycles. The number of amides is 4. The van der Waals surface area contributed by atoms with E-state index in [2.05, 4.69) is 10.3 Å². The van der Waals surface area contributed by atoms with Crippen molar-refractivity contribution in [1.29, 1.82) is 0 Å². The summed E-state index contributed by atoms with van der Waals surface area (Å²) in [5.41, 5.74) is 4.75. The Labute approximate surface area is 226 Å². The van der Waals surface area contributed by atoms with Crippen molar-refractivity contribution in [3.8, 4) is 5.75 Å². The molecule has 4 aromatic rings. The van der Waals surface area contributed by atoms with Crippen LogP contribution in [-0.2, 0) is 11.2 Å². The smallest absolute Gasteiger partial charge is 0.332 e. The predicted octanol–water partition coefficient (Wildman–Crippen LogP) is 5.05. The highest BCUT2D eigenvalue weighted by Gasteiger charge is 2.53. The van der Waals surface area contributed by atoms with Crippen LogP contribution in [0.5, 0.6) is 5.75 Å². The molecule has 8 heteroatoms. The summed E-state index contributed by atoms with van der Waals surface area (Å²) in [6.45, 7) is 4.63. The molecule has 8 nitrogen and oxygen atoms in total. The van der Waals surface area contributed by atoms with E-state index < -0.39 is 12.1 Å². The number of carbonyl (C=O) groups excluding carboxylic acids is 3. The average molecular weight is 523 g/mol. The van der Waals surface area contributed by atoms with Crippen molar-refractivity contribution in [1.82, 2.24) is 15.2 Å². The Kier molecular flexibility index (Phi) is 6.10. The van der Waals surface area contributed by atoms with Crippen LogP contribution in [0.15, 0.2) is 72.8 Å². The molecule has 39 heavy (non-hydrogen) atoms. The van der Waals surface area contributed by atoms with Gasteiger partial charge in [-0.15, -0.1) is 0 Å². The van der Waals surface area contributed by atoms with Crippen molar-refractivity contribution in [2.75, 3.05) is 18.6 Å². The number of H-pyrrole nitrogens is 1. The van der Waals surface area contributed by atoms with E-state index in [0.29, 0.717) is 35.9 Å². The number of benzene rings is 3. The topological polar surface area (TPSA) is 94.7 Å². The highest BCUT2D eigenvalue weighted by molar-refractivity contribution is 6.22. The van der Waals surface area contributed by atoms with Crippen LogP contribution in [0.2, 0.25) is 0 Å². The zero-order valence-corrected chi connectivity index (χ0v) is 22.1. The van der Waals surface area contributed by atoms with E-state index in [1.54, 1.807) is 36.3 Å². The third kappa shape index (κ3) is 4.12. The van der Waals surface area contributed by atoms with Crippen LogP contribution in [0.25, 0.3) is 10.9 Å². The molecule has 0 spiro atoms. The van der Waals surface area contributed by atoms with Gasteiger partial charge in [0.05, 0.1) is 12.8 Å². The first kappa shape index (κ1) is 24.7. The highest BCUT2D eigenvalue weighted by Crippen LogP contribution is 2.45. The molecule has 2 N–H and O–H groups in total. The van der Waals surface area contributed by atoms with Gasteiger partial charge < -0.3 is 15.0 Å². The Hall–Kier alpha value is -4.59. The van der Waals surface area contributed by atoms with Gasteiger partial charge in [0.15, 0.2) is 0 Å². The van der Waals surface area contributed by atoms with Gasteiger partial charge in [-0.25, -0.2) is 9.69 Å². The summed E-state index contributed by atoms with van der Waals surface area (Å²) in [5, 5.41) is 3.95. The maximum atomic E-state index is 14.0. The number of hydrogen-bond donors (Lipinski definition) is 2. The number of ether oxygens (including phenoxy) is 1. The molecule has 0 saturated carbocycles. The second-order valence-corrected chi connectivity index (χ2v) is 10.5. The summed E-state index contributed by atoms with van der Waals surface area (Å²) in [5.74, 6) is 0.592. The zero-order chi connectivity index (χ0) is 27.3. The lowest BCUT2D eigenvalue weighted by Crippen LogP contribution is -2.44. The van der Waals surface area contributed by atoms with Crippen LogP contribution in [0.3, 0.4) is 0 Å².